The van der Waals surface area contributed by atoms with Gasteiger partial charge in [0.1, 0.15) is 6.17 Å². The van der Waals surface area contributed by atoms with Crippen molar-refractivity contribution in [1.29, 1.82) is 0 Å². The first-order valence-electron chi connectivity index (χ1n) is 5.55. The first kappa shape index (κ1) is 9.28. The van der Waals surface area contributed by atoms with Crippen LogP contribution in [-0.2, 0) is 0 Å². The highest BCUT2D eigenvalue weighted by Gasteiger charge is 2.27. The minimum absolute atomic E-state index is 0.346. The molecule has 0 unspecified atom stereocenters. The molecule has 2 aliphatic heterocycles. The van der Waals surface area contributed by atoms with Crippen LogP contribution in [0.3, 0.4) is 0 Å². The zero-order valence-electron chi connectivity index (χ0n) is 9.25. The SMILES string of the molecule is C[C@H]1N2C=CC=CC2=CN1c1ccccc1. The summed E-state index contributed by atoms with van der Waals surface area (Å²) >= 11 is 0. The van der Waals surface area contributed by atoms with Crippen LogP contribution in [0.2, 0.25) is 0 Å². The summed E-state index contributed by atoms with van der Waals surface area (Å²) in [5, 5.41) is 0. The summed E-state index contributed by atoms with van der Waals surface area (Å²) in [6, 6.07) is 10.5. The number of anilines is 1. The van der Waals surface area contributed by atoms with Gasteiger partial charge in [0.2, 0.25) is 0 Å². The lowest BCUT2D eigenvalue weighted by molar-refractivity contribution is 0.403. The van der Waals surface area contributed by atoms with Crippen LogP contribution in [0.25, 0.3) is 0 Å². The monoisotopic (exact) mass is 210 g/mol. The topological polar surface area (TPSA) is 6.48 Å². The van der Waals surface area contributed by atoms with Gasteiger partial charge in [0.25, 0.3) is 0 Å². The third-order valence-electron chi connectivity index (χ3n) is 3.05. The molecule has 2 aliphatic rings. The van der Waals surface area contributed by atoms with E-state index in [1.165, 1.54) is 11.4 Å². The van der Waals surface area contributed by atoms with Gasteiger partial charge in [0.05, 0.1) is 5.70 Å². The first-order chi connectivity index (χ1) is 7.86. The van der Waals surface area contributed by atoms with E-state index in [2.05, 4.69) is 71.6 Å². The standard InChI is InChI=1S/C14H14N2/c1-12-15-10-6-5-9-14(15)11-16(12)13-7-3-2-4-8-13/h2-12H,1H3/t12-/m0/s1. The summed E-state index contributed by atoms with van der Waals surface area (Å²) < 4.78 is 0. The third-order valence-corrected chi connectivity index (χ3v) is 3.05. The van der Waals surface area contributed by atoms with E-state index in [-0.39, 0.29) is 0 Å². The molecule has 2 heterocycles. The predicted molar refractivity (Wildman–Crippen MR) is 66.6 cm³/mol. The molecule has 0 fully saturated rings. The van der Waals surface area contributed by atoms with Crippen LogP contribution in [0.5, 0.6) is 0 Å². The van der Waals surface area contributed by atoms with E-state index < -0.39 is 0 Å². The summed E-state index contributed by atoms with van der Waals surface area (Å²) in [6.07, 6.45) is 10.9. The molecule has 0 saturated carbocycles. The molecule has 1 aromatic carbocycles. The second kappa shape index (κ2) is 3.56. The molecule has 0 aliphatic carbocycles. The van der Waals surface area contributed by atoms with Crippen molar-refractivity contribution in [2.45, 2.75) is 13.1 Å². The molecule has 1 atom stereocenters. The quantitative estimate of drug-likeness (QED) is 0.702. The Morgan fingerprint density at radius 1 is 1.00 bits per heavy atom. The van der Waals surface area contributed by atoms with Crippen LogP contribution in [0, 0.1) is 0 Å². The Morgan fingerprint density at radius 2 is 1.81 bits per heavy atom. The second-order valence-electron chi connectivity index (χ2n) is 4.04. The molecule has 80 valence electrons. The van der Waals surface area contributed by atoms with Crippen molar-refractivity contribution in [3.05, 3.63) is 66.7 Å². The van der Waals surface area contributed by atoms with Gasteiger partial charge >= 0.3 is 0 Å². The number of allylic oxidation sites excluding steroid dienone is 3. The lowest BCUT2D eigenvalue weighted by Gasteiger charge is -2.29. The molecule has 0 spiro atoms. The molecule has 0 aromatic heterocycles. The largest absolute Gasteiger partial charge is 0.326 e. The number of benzene rings is 1. The van der Waals surface area contributed by atoms with E-state index in [9.17, 15) is 0 Å². The average Bonchev–Trinajstić information content (AvgIpc) is 2.69. The van der Waals surface area contributed by atoms with Crippen molar-refractivity contribution in [3.8, 4) is 0 Å². The van der Waals surface area contributed by atoms with Crippen molar-refractivity contribution in [3.63, 3.8) is 0 Å². The second-order valence-corrected chi connectivity index (χ2v) is 4.04. The fourth-order valence-electron chi connectivity index (χ4n) is 2.19. The highest BCUT2D eigenvalue weighted by Crippen LogP contribution is 2.30. The molecule has 2 nitrogen and oxygen atoms in total. The van der Waals surface area contributed by atoms with Crippen molar-refractivity contribution in [2.75, 3.05) is 4.90 Å². The smallest absolute Gasteiger partial charge is 0.107 e. The van der Waals surface area contributed by atoms with E-state index in [4.69, 9.17) is 0 Å². The van der Waals surface area contributed by atoms with Crippen molar-refractivity contribution < 1.29 is 0 Å². The summed E-state index contributed by atoms with van der Waals surface area (Å²) in [5.74, 6) is 0. The molecule has 0 amide bonds. The normalized spacial score (nSPS) is 22.3. The number of fused-ring (bicyclic) bond motifs is 1. The van der Waals surface area contributed by atoms with Crippen LogP contribution in [0.15, 0.2) is 66.7 Å². The van der Waals surface area contributed by atoms with Gasteiger partial charge in [-0.25, -0.2) is 0 Å². The molecule has 0 saturated heterocycles. The Bertz CT molecular complexity index is 471. The summed E-state index contributed by atoms with van der Waals surface area (Å²) in [5.41, 5.74) is 2.48. The first-order valence-corrected chi connectivity index (χ1v) is 5.55. The summed E-state index contributed by atoms with van der Waals surface area (Å²) in [6.45, 7) is 2.21. The van der Waals surface area contributed by atoms with Gasteiger partial charge in [-0.15, -0.1) is 0 Å². The van der Waals surface area contributed by atoms with E-state index in [1.807, 2.05) is 6.07 Å². The zero-order valence-corrected chi connectivity index (χ0v) is 9.25. The van der Waals surface area contributed by atoms with Gasteiger partial charge in [-0.3, -0.25) is 0 Å². The molecule has 16 heavy (non-hydrogen) atoms. The Hall–Kier alpha value is -1.96. The number of para-hydroxylation sites is 1. The van der Waals surface area contributed by atoms with Crippen LogP contribution < -0.4 is 4.90 Å². The van der Waals surface area contributed by atoms with Crippen LogP contribution >= 0.6 is 0 Å². The van der Waals surface area contributed by atoms with Crippen LogP contribution in [0.1, 0.15) is 6.92 Å². The van der Waals surface area contributed by atoms with Crippen LogP contribution in [0.4, 0.5) is 5.69 Å². The molecule has 2 heteroatoms. The molecule has 3 rings (SSSR count). The maximum atomic E-state index is 2.29. The van der Waals surface area contributed by atoms with Gasteiger partial charge in [0, 0.05) is 18.1 Å². The van der Waals surface area contributed by atoms with E-state index in [1.54, 1.807) is 0 Å². The molecular formula is C14H14N2. The molecular weight excluding hydrogens is 196 g/mol. The number of nitrogens with zero attached hydrogens (tertiary/aromatic N) is 2. The highest BCUT2D eigenvalue weighted by molar-refractivity contribution is 5.54. The lowest BCUT2D eigenvalue weighted by atomic mass is 10.3. The average molecular weight is 210 g/mol. The van der Waals surface area contributed by atoms with Gasteiger partial charge < -0.3 is 9.80 Å². The minimum atomic E-state index is 0.346. The fourth-order valence-corrected chi connectivity index (χ4v) is 2.19. The molecule has 0 bridgehead atoms. The third kappa shape index (κ3) is 1.34. The molecule has 1 aromatic rings. The Kier molecular flexibility index (Phi) is 2.07. The van der Waals surface area contributed by atoms with E-state index >= 15 is 0 Å². The lowest BCUT2D eigenvalue weighted by Crippen LogP contribution is -2.34. The number of hydrogen-bond acceptors (Lipinski definition) is 2. The number of hydrogen-bond donors (Lipinski definition) is 0. The maximum Gasteiger partial charge on any atom is 0.107 e. The van der Waals surface area contributed by atoms with Crippen molar-refractivity contribution in [2.24, 2.45) is 0 Å². The maximum absolute atomic E-state index is 2.29. The van der Waals surface area contributed by atoms with E-state index in [0.717, 1.165) is 0 Å². The van der Waals surface area contributed by atoms with Gasteiger partial charge in [-0.1, -0.05) is 24.3 Å². The summed E-state index contributed by atoms with van der Waals surface area (Å²) in [4.78, 5) is 4.56. The van der Waals surface area contributed by atoms with Gasteiger partial charge in [0.15, 0.2) is 0 Å². The Balaban J connectivity index is 1.97. The Labute approximate surface area is 95.8 Å². The number of rotatable bonds is 1. The van der Waals surface area contributed by atoms with Crippen LogP contribution in [-0.4, -0.2) is 11.1 Å². The predicted octanol–water partition coefficient (Wildman–Crippen LogP) is 3.08. The molecule has 0 N–H and O–H groups in total. The van der Waals surface area contributed by atoms with Gasteiger partial charge in [-0.2, -0.15) is 0 Å². The van der Waals surface area contributed by atoms with Crippen molar-refractivity contribution >= 4 is 5.69 Å². The highest BCUT2D eigenvalue weighted by atomic mass is 15.4. The van der Waals surface area contributed by atoms with Crippen molar-refractivity contribution in [1.82, 2.24) is 4.90 Å². The Morgan fingerprint density at radius 3 is 2.56 bits per heavy atom. The minimum Gasteiger partial charge on any atom is -0.326 e. The fraction of sp³-hybridized carbons (Fsp3) is 0.143. The molecule has 0 radical (unpaired) electrons. The summed E-state index contributed by atoms with van der Waals surface area (Å²) in [7, 11) is 0. The zero-order chi connectivity index (χ0) is 11.0. The van der Waals surface area contributed by atoms with E-state index in [0.29, 0.717) is 6.17 Å². The van der Waals surface area contributed by atoms with Gasteiger partial charge in [-0.05, 0) is 31.2 Å².